The van der Waals surface area contributed by atoms with Crippen LogP contribution in [0.4, 0.5) is 17.6 Å². The van der Waals surface area contributed by atoms with Gasteiger partial charge in [0.15, 0.2) is 5.78 Å². The van der Waals surface area contributed by atoms with E-state index in [0.717, 1.165) is 23.4 Å². The number of nitrogens with one attached hydrogen (secondary N) is 1. The van der Waals surface area contributed by atoms with Crippen molar-refractivity contribution in [3.63, 3.8) is 0 Å². The maximum absolute atomic E-state index is 13.7. The van der Waals surface area contributed by atoms with Gasteiger partial charge in [-0.2, -0.15) is 13.2 Å². The number of halogens is 4. The average Bonchev–Trinajstić information content (AvgIpc) is 3.00. The molecule has 7 heteroatoms. The third-order valence-corrected chi connectivity index (χ3v) is 5.44. The largest absolute Gasteiger partial charge is 0.419 e. The number of hydrogen-bond donors (Lipinski definition) is 1. The second-order valence-corrected chi connectivity index (χ2v) is 8.50. The Morgan fingerprint density at radius 3 is 2.47 bits per heavy atom. The van der Waals surface area contributed by atoms with Gasteiger partial charge in [0.1, 0.15) is 5.82 Å². The maximum Gasteiger partial charge on any atom is 0.419 e. The number of Topliss-reactive ketones (excluding diaryl/α,β-unsaturated/α-hetero) is 1. The number of hydrogen-bond acceptors (Lipinski definition) is 2. The van der Waals surface area contributed by atoms with E-state index in [2.05, 4.69) is 9.97 Å². The lowest BCUT2D eigenvalue weighted by Crippen LogP contribution is -2.27. The Labute approximate surface area is 171 Å². The molecular weight excluding hydrogens is 396 g/mol. The minimum atomic E-state index is -4.79. The molecule has 0 saturated heterocycles. The number of carbonyl (C=O) groups excluding carboxylic acids is 1. The molecule has 30 heavy (non-hydrogen) atoms. The molecule has 1 aromatic carbocycles. The standard InChI is InChI=1S/C23H20F4N2O/c1-22(2)11-18-20(19(30)12-22)15(21(29-18)14-5-7-28-8-6-14)9-13-3-4-17(24)16(10-13)23(25,26)27/h3-8,10,29H,9,11-12H2,1-2H3. The van der Waals surface area contributed by atoms with Crippen molar-refractivity contribution in [3.8, 4) is 11.3 Å². The van der Waals surface area contributed by atoms with Gasteiger partial charge in [0.05, 0.1) is 11.3 Å². The Morgan fingerprint density at radius 1 is 1.10 bits per heavy atom. The van der Waals surface area contributed by atoms with Crippen molar-refractivity contribution in [1.29, 1.82) is 0 Å². The molecule has 3 aromatic rings. The fraction of sp³-hybridized carbons (Fsp3) is 0.304. The number of H-pyrrole nitrogens is 1. The second kappa shape index (κ2) is 7.07. The van der Waals surface area contributed by atoms with Crippen molar-refractivity contribution in [1.82, 2.24) is 9.97 Å². The summed E-state index contributed by atoms with van der Waals surface area (Å²) >= 11 is 0. The molecule has 0 amide bonds. The van der Waals surface area contributed by atoms with E-state index in [0.29, 0.717) is 35.2 Å². The fourth-order valence-corrected chi connectivity index (χ4v) is 4.17. The number of fused-ring (bicyclic) bond motifs is 1. The summed E-state index contributed by atoms with van der Waals surface area (Å²) in [6.07, 6.45) is -0.458. The van der Waals surface area contributed by atoms with Crippen LogP contribution in [0.1, 0.15) is 53.0 Å². The lowest BCUT2D eigenvalue weighted by Gasteiger charge is -2.28. The number of nitrogens with zero attached hydrogens (tertiary/aromatic N) is 1. The van der Waals surface area contributed by atoms with E-state index < -0.39 is 17.6 Å². The fourth-order valence-electron chi connectivity index (χ4n) is 4.17. The molecule has 0 aliphatic heterocycles. The Morgan fingerprint density at radius 2 is 1.80 bits per heavy atom. The van der Waals surface area contributed by atoms with E-state index in [-0.39, 0.29) is 17.6 Å². The van der Waals surface area contributed by atoms with E-state index in [1.54, 1.807) is 24.5 Å². The summed E-state index contributed by atoms with van der Waals surface area (Å²) < 4.78 is 53.2. The van der Waals surface area contributed by atoms with Gasteiger partial charge in [-0.15, -0.1) is 0 Å². The zero-order valence-electron chi connectivity index (χ0n) is 16.5. The first kappa shape index (κ1) is 20.3. The normalized spacial score (nSPS) is 15.9. The molecule has 0 spiro atoms. The topological polar surface area (TPSA) is 45.8 Å². The van der Waals surface area contributed by atoms with Crippen LogP contribution in [0.2, 0.25) is 0 Å². The molecule has 0 bridgehead atoms. The van der Waals surface area contributed by atoms with Crippen molar-refractivity contribution < 1.29 is 22.4 Å². The first-order valence-electron chi connectivity index (χ1n) is 9.58. The van der Waals surface area contributed by atoms with Gasteiger partial charge in [-0.25, -0.2) is 4.39 Å². The van der Waals surface area contributed by atoms with Gasteiger partial charge in [-0.3, -0.25) is 9.78 Å². The summed E-state index contributed by atoms with van der Waals surface area (Å²) in [6.45, 7) is 4.02. The molecule has 0 radical (unpaired) electrons. The summed E-state index contributed by atoms with van der Waals surface area (Å²) in [5, 5.41) is 0. The highest BCUT2D eigenvalue weighted by atomic mass is 19.4. The summed E-state index contributed by atoms with van der Waals surface area (Å²) in [4.78, 5) is 20.3. The number of rotatable bonds is 3. The van der Waals surface area contributed by atoms with Crippen LogP contribution in [0.5, 0.6) is 0 Å². The highest BCUT2D eigenvalue weighted by Gasteiger charge is 2.37. The van der Waals surface area contributed by atoms with Gasteiger partial charge >= 0.3 is 6.18 Å². The Kier molecular flexibility index (Phi) is 4.79. The number of benzene rings is 1. The van der Waals surface area contributed by atoms with Gasteiger partial charge in [0.2, 0.25) is 0 Å². The van der Waals surface area contributed by atoms with Crippen molar-refractivity contribution in [2.45, 2.75) is 39.3 Å². The first-order chi connectivity index (χ1) is 14.0. The summed E-state index contributed by atoms with van der Waals surface area (Å²) in [5.41, 5.74) is 2.22. The predicted molar refractivity (Wildman–Crippen MR) is 105 cm³/mol. The van der Waals surface area contributed by atoms with Crippen molar-refractivity contribution >= 4 is 5.78 Å². The molecule has 1 aliphatic carbocycles. The Bertz CT molecular complexity index is 1110. The Balaban J connectivity index is 1.86. The van der Waals surface area contributed by atoms with Crippen LogP contribution in [0, 0.1) is 11.2 Å². The maximum atomic E-state index is 13.7. The zero-order valence-corrected chi connectivity index (χ0v) is 16.5. The van der Waals surface area contributed by atoms with E-state index in [4.69, 9.17) is 0 Å². The minimum Gasteiger partial charge on any atom is -0.358 e. The van der Waals surface area contributed by atoms with E-state index in [1.165, 1.54) is 6.07 Å². The predicted octanol–water partition coefficient (Wildman–Crippen LogP) is 5.98. The van der Waals surface area contributed by atoms with Gasteiger partial charge in [-0.05, 0) is 47.2 Å². The van der Waals surface area contributed by atoms with E-state index >= 15 is 0 Å². The van der Waals surface area contributed by atoms with Gasteiger partial charge in [0.25, 0.3) is 0 Å². The third kappa shape index (κ3) is 3.76. The highest BCUT2D eigenvalue weighted by molar-refractivity contribution is 6.02. The molecule has 0 atom stereocenters. The van der Waals surface area contributed by atoms with Crippen molar-refractivity contribution in [2.75, 3.05) is 0 Å². The minimum absolute atomic E-state index is 0.0361. The van der Waals surface area contributed by atoms with Gasteiger partial charge in [-0.1, -0.05) is 19.9 Å². The smallest absolute Gasteiger partial charge is 0.358 e. The summed E-state index contributed by atoms with van der Waals surface area (Å²) in [6, 6.07) is 6.54. The number of alkyl halides is 3. The van der Waals surface area contributed by atoms with Crippen LogP contribution >= 0.6 is 0 Å². The molecule has 0 unspecified atom stereocenters. The van der Waals surface area contributed by atoms with Gasteiger partial charge < -0.3 is 4.98 Å². The van der Waals surface area contributed by atoms with Crippen LogP contribution in [0.25, 0.3) is 11.3 Å². The lowest BCUT2D eigenvalue weighted by molar-refractivity contribution is -0.140. The number of pyridine rings is 1. The van der Waals surface area contributed by atoms with Crippen LogP contribution in [-0.2, 0) is 19.0 Å². The van der Waals surface area contributed by atoms with E-state index in [1.807, 2.05) is 13.8 Å². The second-order valence-electron chi connectivity index (χ2n) is 8.50. The number of carbonyl (C=O) groups is 1. The molecule has 3 nitrogen and oxygen atoms in total. The molecule has 2 aromatic heterocycles. The molecule has 0 fully saturated rings. The molecule has 0 saturated carbocycles. The SMILES string of the molecule is CC1(C)CC(=O)c2c([nH]c(-c3ccncc3)c2Cc2ccc(F)c(C(F)(F)F)c2)C1. The van der Waals surface area contributed by atoms with Crippen LogP contribution in [0.3, 0.4) is 0 Å². The van der Waals surface area contributed by atoms with Crippen LogP contribution < -0.4 is 0 Å². The first-order valence-corrected chi connectivity index (χ1v) is 9.58. The molecule has 156 valence electrons. The number of aromatic nitrogens is 2. The lowest BCUT2D eigenvalue weighted by atomic mass is 9.75. The molecule has 1 aliphatic rings. The highest BCUT2D eigenvalue weighted by Crippen LogP contribution is 2.40. The monoisotopic (exact) mass is 416 g/mol. The zero-order chi connectivity index (χ0) is 21.7. The molecule has 4 rings (SSSR count). The van der Waals surface area contributed by atoms with Crippen molar-refractivity contribution in [2.24, 2.45) is 5.41 Å². The van der Waals surface area contributed by atoms with Gasteiger partial charge in [0, 0.05) is 42.1 Å². The van der Waals surface area contributed by atoms with E-state index in [9.17, 15) is 22.4 Å². The average molecular weight is 416 g/mol. The number of aromatic amines is 1. The Hall–Kier alpha value is -2.96. The van der Waals surface area contributed by atoms with Crippen molar-refractivity contribution in [3.05, 3.63) is 76.5 Å². The molecule has 1 N–H and O–H groups in total. The summed E-state index contributed by atoms with van der Waals surface area (Å²) in [7, 11) is 0. The summed E-state index contributed by atoms with van der Waals surface area (Å²) in [5.74, 6) is -1.35. The number of ketones is 1. The third-order valence-electron chi connectivity index (χ3n) is 5.44. The van der Waals surface area contributed by atoms with Crippen LogP contribution in [0.15, 0.2) is 42.7 Å². The molecular formula is C23H20F4N2O. The quantitative estimate of drug-likeness (QED) is 0.534. The molecule has 2 heterocycles. The van der Waals surface area contributed by atoms with Crippen LogP contribution in [-0.4, -0.2) is 15.8 Å².